The fourth-order valence-corrected chi connectivity index (χ4v) is 2.80. The van der Waals surface area contributed by atoms with Crippen molar-refractivity contribution < 1.29 is 9.26 Å². The van der Waals surface area contributed by atoms with Crippen molar-refractivity contribution in [2.24, 2.45) is 5.73 Å². The molecule has 0 spiro atoms. The van der Waals surface area contributed by atoms with Crippen LogP contribution in [0.3, 0.4) is 0 Å². The molecule has 1 unspecified atom stereocenters. The third kappa shape index (κ3) is 2.35. The van der Waals surface area contributed by atoms with Gasteiger partial charge in [-0.3, -0.25) is 0 Å². The van der Waals surface area contributed by atoms with E-state index in [1.165, 1.54) is 12.8 Å². The number of ether oxygens (including phenoxy) is 1. The van der Waals surface area contributed by atoms with Crippen LogP contribution in [0.1, 0.15) is 49.7 Å². The highest BCUT2D eigenvalue weighted by Crippen LogP contribution is 2.30. The van der Waals surface area contributed by atoms with Crippen LogP contribution in [-0.2, 0) is 11.2 Å². The minimum atomic E-state index is -0.115. The Kier molecular flexibility index (Phi) is 2.88. The summed E-state index contributed by atoms with van der Waals surface area (Å²) in [5.74, 6) is 1.79. The lowest BCUT2D eigenvalue weighted by Gasteiger charge is -2.20. The van der Waals surface area contributed by atoms with Crippen molar-refractivity contribution in [1.29, 1.82) is 0 Å². The van der Waals surface area contributed by atoms with Gasteiger partial charge in [-0.2, -0.15) is 4.98 Å². The van der Waals surface area contributed by atoms with Gasteiger partial charge in [0.1, 0.15) is 0 Å². The number of hydrogen-bond donors (Lipinski definition) is 1. The molecule has 0 amide bonds. The molecule has 1 aliphatic heterocycles. The maximum atomic E-state index is 6.30. The topological polar surface area (TPSA) is 74.2 Å². The van der Waals surface area contributed by atoms with E-state index < -0.39 is 0 Å². The number of aromatic nitrogens is 2. The fourth-order valence-electron chi connectivity index (χ4n) is 2.80. The molecule has 0 aromatic carbocycles. The van der Waals surface area contributed by atoms with Gasteiger partial charge in [-0.25, -0.2) is 0 Å². The molecule has 1 aliphatic carbocycles. The smallest absolute Gasteiger partial charge is 0.228 e. The Hall–Kier alpha value is -0.940. The third-order valence-electron chi connectivity index (χ3n) is 3.88. The standard InChI is InChI=1S/C12H19N3O2/c13-12(4-1-2-5-12)7-10-14-11(15-17-10)9-3-6-16-8-9/h9H,1-8,13H2. The molecule has 1 saturated heterocycles. The molecule has 2 heterocycles. The van der Waals surface area contributed by atoms with Crippen LogP contribution in [0.2, 0.25) is 0 Å². The van der Waals surface area contributed by atoms with Gasteiger partial charge >= 0.3 is 0 Å². The van der Waals surface area contributed by atoms with E-state index in [1.807, 2.05) is 0 Å². The molecule has 5 heteroatoms. The third-order valence-corrected chi connectivity index (χ3v) is 3.88. The first-order valence-corrected chi connectivity index (χ1v) is 6.44. The molecule has 0 bridgehead atoms. The maximum absolute atomic E-state index is 6.30. The minimum absolute atomic E-state index is 0.115. The lowest BCUT2D eigenvalue weighted by atomic mass is 9.95. The first-order chi connectivity index (χ1) is 8.25. The molecule has 5 nitrogen and oxygen atoms in total. The van der Waals surface area contributed by atoms with Crippen molar-refractivity contribution in [3.63, 3.8) is 0 Å². The van der Waals surface area contributed by atoms with Gasteiger partial charge in [-0.1, -0.05) is 18.0 Å². The van der Waals surface area contributed by atoms with Crippen LogP contribution in [0.4, 0.5) is 0 Å². The maximum Gasteiger partial charge on any atom is 0.228 e. The molecule has 2 N–H and O–H groups in total. The van der Waals surface area contributed by atoms with Crippen molar-refractivity contribution in [2.45, 2.75) is 50.0 Å². The molecule has 1 saturated carbocycles. The zero-order valence-corrected chi connectivity index (χ0v) is 10.0. The zero-order valence-electron chi connectivity index (χ0n) is 10.0. The summed E-state index contributed by atoms with van der Waals surface area (Å²) in [5, 5.41) is 4.05. The second-order valence-corrected chi connectivity index (χ2v) is 5.35. The summed E-state index contributed by atoms with van der Waals surface area (Å²) < 4.78 is 10.6. The Morgan fingerprint density at radius 1 is 1.35 bits per heavy atom. The highest BCUT2D eigenvalue weighted by molar-refractivity contribution is 5.02. The summed E-state index contributed by atoms with van der Waals surface area (Å²) in [6.45, 7) is 1.52. The first kappa shape index (κ1) is 11.2. The van der Waals surface area contributed by atoms with Gasteiger partial charge in [0.05, 0.1) is 6.61 Å². The summed E-state index contributed by atoms with van der Waals surface area (Å²) in [5.41, 5.74) is 6.19. The molecule has 0 radical (unpaired) electrons. The highest BCUT2D eigenvalue weighted by Gasteiger charge is 2.32. The molecule has 1 aromatic heterocycles. The second kappa shape index (κ2) is 4.38. The number of rotatable bonds is 3. The molecule has 3 rings (SSSR count). The Labute approximate surface area is 101 Å². The predicted octanol–water partition coefficient (Wildman–Crippen LogP) is 1.39. The lowest BCUT2D eigenvalue weighted by molar-refractivity contribution is 0.192. The van der Waals surface area contributed by atoms with Crippen LogP contribution >= 0.6 is 0 Å². The van der Waals surface area contributed by atoms with E-state index in [2.05, 4.69) is 10.1 Å². The van der Waals surface area contributed by atoms with E-state index in [0.717, 1.165) is 31.7 Å². The van der Waals surface area contributed by atoms with Crippen LogP contribution in [0.5, 0.6) is 0 Å². The van der Waals surface area contributed by atoms with Gasteiger partial charge in [0.15, 0.2) is 5.82 Å². The molecular weight excluding hydrogens is 218 g/mol. The average molecular weight is 237 g/mol. The summed E-state index contributed by atoms with van der Waals surface area (Å²) in [6.07, 6.45) is 6.27. The highest BCUT2D eigenvalue weighted by atomic mass is 16.5. The predicted molar refractivity (Wildman–Crippen MR) is 61.6 cm³/mol. The Bertz CT molecular complexity index is 379. The van der Waals surface area contributed by atoms with Gasteiger partial charge in [-0.15, -0.1) is 0 Å². The second-order valence-electron chi connectivity index (χ2n) is 5.35. The summed E-state index contributed by atoms with van der Waals surface area (Å²) in [7, 11) is 0. The van der Waals surface area contributed by atoms with E-state index in [-0.39, 0.29) is 5.54 Å². The molecule has 94 valence electrons. The number of nitrogens with zero attached hydrogens (tertiary/aromatic N) is 2. The fraction of sp³-hybridized carbons (Fsp3) is 0.833. The molecule has 2 aliphatic rings. The van der Waals surface area contributed by atoms with Crippen molar-refractivity contribution in [2.75, 3.05) is 13.2 Å². The van der Waals surface area contributed by atoms with Crippen molar-refractivity contribution in [3.8, 4) is 0 Å². The first-order valence-electron chi connectivity index (χ1n) is 6.44. The van der Waals surface area contributed by atoms with Crippen LogP contribution < -0.4 is 5.73 Å². The van der Waals surface area contributed by atoms with Gasteiger partial charge in [0, 0.05) is 24.5 Å². The lowest BCUT2D eigenvalue weighted by Crippen LogP contribution is -2.38. The van der Waals surface area contributed by atoms with Crippen LogP contribution in [-0.4, -0.2) is 28.9 Å². The van der Waals surface area contributed by atoms with Gasteiger partial charge in [-0.05, 0) is 19.3 Å². The number of nitrogens with two attached hydrogens (primary N) is 1. The molecule has 1 aromatic rings. The quantitative estimate of drug-likeness (QED) is 0.859. The summed E-state index contributed by atoms with van der Waals surface area (Å²) in [6, 6.07) is 0. The van der Waals surface area contributed by atoms with Crippen molar-refractivity contribution >= 4 is 0 Å². The minimum Gasteiger partial charge on any atom is -0.381 e. The van der Waals surface area contributed by atoms with Gasteiger partial charge < -0.3 is 15.0 Å². The molecule has 2 fully saturated rings. The van der Waals surface area contributed by atoms with E-state index in [9.17, 15) is 0 Å². The molecular formula is C12H19N3O2. The van der Waals surface area contributed by atoms with Crippen LogP contribution in [0.15, 0.2) is 4.52 Å². The summed E-state index contributed by atoms with van der Waals surface area (Å²) in [4.78, 5) is 4.46. The van der Waals surface area contributed by atoms with Gasteiger partial charge in [0.25, 0.3) is 0 Å². The van der Waals surface area contributed by atoms with E-state index in [1.54, 1.807) is 0 Å². The normalized spacial score (nSPS) is 27.7. The molecule has 17 heavy (non-hydrogen) atoms. The monoisotopic (exact) mass is 237 g/mol. The Morgan fingerprint density at radius 2 is 2.18 bits per heavy atom. The zero-order chi connectivity index (χ0) is 11.7. The summed E-state index contributed by atoms with van der Waals surface area (Å²) >= 11 is 0. The van der Waals surface area contributed by atoms with Crippen LogP contribution in [0.25, 0.3) is 0 Å². The van der Waals surface area contributed by atoms with Crippen LogP contribution in [0, 0.1) is 0 Å². The largest absolute Gasteiger partial charge is 0.381 e. The SMILES string of the molecule is NC1(Cc2nc(C3CCOC3)no2)CCCC1. The van der Waals surface area contributed by atoms with Crippen molar-refractivity contribution in [1.82, 2.24) is 10.1 Å². The average Bonchev–Trinajstić information content (AvgIpc) is 2.98. The van der Waals surface area contributed by atoms with Crippen molar-refractivity contribution in [3.05, 3.63) is 11.7 Å². The van der Waals surface area contributed by atoms with E-state index in [4.69, 9.17) is 15.0 Å². The van der Waals surface area contributed by atoms with Gasteiger partial charge in [0.2, 0.25) is 5.89 Å². The Morgan fingerprint density at radius 3 is 2.88 bits per heavy atom. The van der Waals surface area contributed by atoms with E-state index in [0.29, 0.717) is 24.8 Å². The Balaban J connectivity index is 1.67. The van der Waals surface area contributed by atoms with E-state index >= 15 is 0 Å². The number of hydrogen-bond acceptors (Lipinski definition) is 5. The molecule has 1 atom stereocenters.